The summed E-state index contributed by atoms with van der Waals surface area (Å²) in [7, 11) is 0. The summed E-state index contributed by atoms with van der Waals surface area (Å²) in [6.45, 7) is 1.31. The van der Waals surface area contributed by atoms with Crippen molar-refractivity contribution in [3.05, 3.63) is 29.0 Å². The van der Waals surface area contributed by atoms with E-state index in [9.17, 15) is 9.59 Å². The minimum Gasteiger partial charge on any atom is -0.480 e. The maximum Gasteiger partial charge on any atom is 0.326 e. The summed E-state index contributed by atoms with van der Waals surface area (Å²) in [6, 6.07) is 2.77. The van der Waals surface area contributed by atoms with Gasteiger partial charge >= 0.3 is 5.97 Å². The van der Waals surface area contributed by atoms with Gasteiger partial charge in [0.1, 0.15) is 11.2 Å². The molecule has 1 amide bonds. The summed E-state index contributed by atoms with van der Waals surface area (Å²) >= 11 is 7.26. The first-order valence-corrected chi connectivity index (χ1v) is 7.20. The van der Waals surface area contributed by atoms with Crippen LogP contribution >= 0.6 is 23.4 Å². The van der Waals surface area contributed by atoms with E-state index in [-0.39, 0.29) is 5.91 Å². The summed E-state index contributed by atoms with van der Waals surface area (Å²) in [4.78, 5) is 25.7. The first-order chi connectivity index (χ1) is 8.99. The fourth-order valence-corrected chi connectivity index (χ4v) is 2.45. The maximum atomic E-state index is 10.9. The van der Waals surface area contributed by atoms with Crippen LogP contribution in [-0.2, 0) is 15.3 Å². The maximum absolute atomic E-state index is 10.9. The van der Waals surface area contributed by atoms with E-state index in [1.54, 1.807) is 24.0 Å². The van der Waals surface area contributed by atoms with E-state index in [1.807, 2.05) is 6.07 Å². The van der Waals surface area contributed by atoms with Crippen molar-refractivity contribution in [1.82, 2.24) is 10.3 Å². The number of halogens is 1. The fraction of sp³-hybridized carbons (Fsp3) is 0.417. The van der Waals surface area contributed by atoms with Crippen molar-refractivity contribution in [3.8, 4) is 0 Å². The van der Waals surface area contributed by atoms with Crippen molar-refractivity contribution in [1.29, 1.82) is 0 Å². The summed E-state index contributed by atoms with van der Waals surface area (Å²) < 4.78 is 0. The molecule has 19 heavy (non-hydrogen) atoms. The van der Waals surface area contributed by atoms with Crippen LogP contribution in [0.2, 0.25) is 5.15 Å². The van der Waals surface area contributed by atoms with Crippen molar-refractivity contribution in [2.24, 2.45) is 0 Å². The molecule has 104 valence electrons. The quantitative estimate of drug-likeness (QED) is 0.594. The number of aliphatic carboxylic acids is 1. The predicted molar refractivity (Wildman–Crippen MR) is 75.3 cm³/mol. The lowest BCUT2D eigenvalue weighted by Gasteiger charge is -2.12. The number of carboxylic acid groups (broad SMARTS) is 1. The second-order valence-corrected chi connectivity index (χ2v) is 5.41. The molecule has 1 aromatic heterocycles. The number of nitrogens with zero attached hydrogens (tertiary/aromatic N) is 1. The van der Waals surface area contributed by atoms with Crippen LogP contribution in [0.5, 0.6) is 0 Å². The van der Waals surface area contributed by atoms with Gasteiger partial charge in [-0.3, -0.25) is 4.79 Å². The van der Waals surface area contributed by atoms with Gasteiger partial charge in [-0.15, -0.1) is 0 Å². The molecule has 5 nitrogen and oxygen atoms in total. The van der Waals surface area contributed by atoms with Gasteiger partial charge in [-0.1, -0.05) is 17.7 Å². The number of aromatic nitrogens is 1. The molecule has 0 saturated heterocycles. The lowest BCUT2D eigenvalue weighted by molar-refractivity contribution is -0.141. The van der Waals surface area contributed by atoms with Gasteiger partial charge < -0.3 is 10.4 Å². The third-order valence-electron chi connectivity index (χ3n) is 2.28. The fourth-order valence-electron chi connectivity index (χ4n) is 1.39. The van der Waals surface area contributed by atoms with Gasteiger partial charge in [-0.2, -0.15) is 11.8 Å². The van der Waals surface area contributed by atoms with E-state index in [2.05, 4.69) is 10.3 Å². The molecule has 0 aliphatic carbocycles. The first-order valence-electron chi connectivity index (χ1n) is 5.67. The molecule has 0 spiro atoms. The molecule has 1 heterocycles. The van der Waals surface area contributed by atoms with E-state index in [0.717, 1.165) is 11.3 Å². The van der Waals surface area contributed by atoms with Crippen molar-refractivity contribution >= 4 is 35.2 Å². The van der Waals surface area contributed by atoms with Crippen LogP contribution < -0.4 is 5.32 Å². The SMILES string of the molecule is CC(=O)NC(CCSCc1ccc(Cl)nc1)C(=O)O. The van der Waals surface area contributed by atoms with Crippen LogP contribution in [0.25, 0.3) is 0 Å². The lowest BCUT2D eigenvalue weighted by Crippen LogP contribution is -2.39. The van der Waals surface area contributed by atoms with E-state index in [1.165, 1.54) is 6.92 Å². The highest BCUT2D eigenvalue weighted by atomic mass is 35.5. The van der Waals surface area contributed by atoms with Crippen LogP contribution in [0.4, 0.5) is 0 Å². The molecule has 0 saturated carbocycles. The van der Waals surface area contributed by atoms with Crippen LogP contribution in [0, 0.1) is 0 Å². The monoisotopic (exact) mass is 302 g/mol. The number of pyridine rings is 1. The highest BCUT2D eigenvalue weighted by Gasteiger charge is 2.17. The normalized spacial score (nSPS) is 11.9. The van der Waals surface area contributed by atoms with Gasteiger partial charge in [-0.05, 0) is 23.8 Å². The summed E-state index contributed by atoms with van der Waals surface area (Å²) in [5.41, 5.74) is 1.03. The number of rotatable bonds is 7. The Morgan fingerprint density at radius 1 is 1.53 bits per heavy atom. The standard InChI is InChI=1S/C12H15ClN2O3S/c1-8(16)15-10(12(17)18)4-5-19-7-9-2-3-11(13)14-6-9/h2-3,6,10H,4-5,7H2,1H3,(H,15,16)(H,17,18). The molecule has 0 fully saturated rings. The van der Waals surface area contributed by atoms with Gasteiger partial charge in [0.2, 0.25) is 5.91 Å². The van der Waals surface area contributed by atoms with Gasteiger partial charge in [0.05, 0.1) is 0 Å². The second-order valence-electron chi connectivity index (χ2n) is 3.92. The highest BCUT2D eigenvalue weighted by Crippen LogP contribution is 2.14. The Morgan fingerprint density at radius 3 is 2.79 bits per heavy atom. The zero-order valence-electron chi connectivity index (χ0n) is 10.4. The molecule has 1 rings (SSSR count). The number of carbonyl (C=O) groups is 2. The number of hydrogen-bond donors (Lipinski definition) is 2. The second kappa shape index (κ2) is 8.01. The summed E-state index contributed by atoms with van der Waals surface area (Å²) in [5, 5.41) is 11.8. The van der Waals surface area contributed by atoms with Gasteiger partial charge in [-0.25, -0.2) is 9.78 Å². The third kappa shape index (κ3) is 6.45. The van der Waals surface area contributed by atoms with Crippen LogP contribution in [-0.4, -0.2) is 33.8 Å². The van der Waals surface area contributed by atoms with E-state index < -0.39 is 12.0 Å². The number of nitrogens with one attached hydrogen (secondary N) is 1. The first kappa shape index (κ1) is 15.8. The predicted octanol–water partition coefficient (Wildman–Crippen LogP) is 1.95. The number of carboxylic acids is 1. The zero-order valence-corrected chi connectivity index (χ0v) is 12.0. The largest absolute Gasteiger partial charge is 0.480 e. The molecule has 1 aromatic rings. The van der Waals surface area contributed by atoms with Gasteiger partial charge in [0, 0.05) is 18.9 Å². The molecule has 1 atom stereocenters. The van der Waals surface area contributed by atoms with Crippen molar-refractivity contribution in [2.45, 2.75) is 25.1 Å². The average molecular weight is 303 g/mol. The average Bonchev–Trinajstić information content (AvgIpc) is 2.34. The molecular formula is C12H15ClN2O3S. The van der Waals surface area contributed by atoms with Crippen LogP contribution in [0.1, 0.15) is 18.9 Å². The van der Waals surface area contributed by atoms with E-state index in [0.29, 0.717) is 17.3 Å². The zero-order chi connectivity index (χ0) is 14.3. The number of carbonyl (C=O) groups excluding carboxylic acids is 1. The molecule has 0 aromatic carbocycles. The van der Waals surface area contributed by atoms with E-state index >= 15 is 0 Å². The summed E-state index contributed by atoms with van der Waals surface area (Å²) in [6.07, 6.45) is 2.08. The van der Waals surface area contributed by atoms with E-state index in [4.69, 9.17) is 16.7 Å². The number of amides is 1. The Balaban J connectivity index is 2.30. The number of thioether (sulfide) groups is 1. The Morgan fingerprint density at radius 2 is 2.26 bits per heavy atom. The third-order valence-corrected chi connectivity index (χ3v) is 3.57. The molecule has 0 radical (unpaired) electrons. The highest BCUT2D eigenvalue weighted by molar-refractivity contribution is 7.98. The molecular weight excluding hydrogens is 288 g/mol. The summed E-state index contributed by atoms with van der Waals surface area (Å²) in [5.74, 6) is 0.0273. The minimum atomic E-state index is -1.01. The molecule has 7 heteroatoms. The van der Waals surface area contributed by atoms with Crippen molar-refractivity contribution in [3.63, 3.8) is 0 Å². The lowest BCUT2D eigenvalue weighted by atomic mass is 10.2. The smallest absolute Gasteiger partial charge is 0.326 e. The van der Waals surface area contributed by atoms with Crippen molar-refractivity contribution < 1.29 is 14.7 Å². The molecule has 2 N–H and O–H groups in total. The Hall–Kier alpha value is -1.27. The van der Waals surface area contributed by atoms with Crippen molar-refractivity contribution in [2.75, 3.05) is 5.75 Å². The Kier molecular flexibility index (Phi) is 6.66. The topological polar surface area (TPSA) is 79.3 Å². The minimum absolute atomic E-state index is 0.334. The van der Waals surface area contributed by atoms with Gasteiger partial charge in [0.15, 0.2) is 0 Å². The van der Waals surface area contributed by atoms with Crippen LogP contribution in [0.3, 0.4) is 0 Å². The molecule has 0 aliphatic rings. The number of hydrogen-bond acceptors (Lipinski definition) is 4. The molecule has 0 aliphatic heterocycles. The Bertz CT molecular complexity index is 439. The molecule has 1 unspecified atom stereocenters. The Labute approximate surface area is 120 Å². The van der Waals surface area contributed by atoms with Gasteiger partial charge in [0.25, 0.3) is 0 Å². The molecule has 0 bridgehead atoms. The van der Waals surface area contributed by atoms with Crippen LogP contribution in [0.15, 0.2) is 18.3 Å².